The van der Waals surface area contributed by atoms with E-state index in [4.69, 9.17) is 11.6 Å². The summed E-state index contributed by atoms with van der Waals surface area (Å²) >= 11 is 6.00. The molecule has 0 heterocycles. The number of rotatable bonds is 5. The molecule has 106 valence electrons. The molecule has 0 saturated heterocycles. The standard InChI is InChI=1S/C17H20ClNO/c1-13-12-14(8-9-16(13)18)17(20)10-11-19(2)15-6-4-3-5-7-15/h3-9,12,17,20H,10-11H2,1-2H3. The molecule has 20 heavy (non-hydrogen) atoms. The molecular formula is C17H20ClNO. The summed E-state index contributed by atoms with van der Waals surface area (Å²) in [6.45, 7) is 2.75. The van der Waals surface area contributed by atoms with Crippen molar-refractivity contribution in [3.63, 3.8) is 0 Å². The highest BCUT2D eigenvalue weighted by molar-refractivity contribution is 6.31. The van der Waals surface area contributed by atoms with Gasteiger partial charge in [-0.2, -0.15) is 0 Å². The van der Waals surface area contributed by atoms with Crippen LogP contribution in [-0.4, -0.2) is 18.7 Å². The van der Waals surface area contributed by atoms with Crippen LogP contribution in [0.15, 0.2) is 48.5 Å². The number of hydrogen-bond acceptors (Lipinski definition) is 2. The van der Waals surface area contributed by atoms with Crippen LogP contribution < -0.4 is 4.90 Å². The lowest BCUT2D eigenvalue weighted by Crippen LogP contribution is -2.20. The Morgan fingerprint density at radius 2 is 1.85 bits per heavy atom. The molecule has 0 spiro atoms. The fraction of sp³-hybridized carbons (Fsp3) is 0.294. The summed E-state index contributed by atoms with van der Waals surface area (Å²) < 4.78 is 0. The molecule has 0 saturated carbocycles. The molecule has 0 aliphatic carbocycles. The summed E-state index contributed by atoms with van der Waals surface area (Å²) in [4.78, 5) is 2.14. The van der Waals surface area contributed by atoms with Crippen LogP contribution in [0.5, 0.6) is 0 Å². The minimum Gasteiger partial charge on any atom is -0.388 e. The minimum absolute atomic E-state index is 0.461. The van der Waals surface area contributed by atoms with Gasteiger partial charge in [0.2, 0.25) is 0 Å². The molecule has 2 aromatic rings. The smallest absolute Gasteiger partial charge is 0.0807 e. The van der Waals surface area contributed by atoms with E-state index in [1.54, 1.807) is 0 Å². The number of nitrogens with zero attached hydrogens (tertiary/aromatic N) is 1. The molecule has 0 radical (unpaired) electrons. The van der Waals surface area contributed by atoms with Crippen LogP contribution in [0, 0.1) is 6.92 Å². The maximum atomic E-state index is 10.3. The highest BCUT2D eigenvalue weighted by atomic mass is 35.5. The molecule has 3 heteroatoms. The molecule has 0 aromatic heterocycles. The molecule has 2 aromatic carbocycles. The van der Waals surface area contributed by atoms with E-state index in [-0.39, 0.29) is 0 Å². The van der Waals surface area contributed by atoms with E-state index in [0.717, 1.165) is 28.4 Å². The van der Waals surface area contributed by atoms with E-state index in [2.05, 4.69) is 17.0 Å². The summed E-state index contributed by atoms with van der Waals surface area (Å²) in [5.74, 6) is 0. The number of hydrogen-bond donors (Lipinski definition) is 1. The zero-order chi connectivity index (χ0) is 14.5. The first kappa shape index (κ1) is 14.9. The fourth-order valence-electron chi connectivity index (χ4n) is 2.17. The van der Waals surface area contributed by atoms with E-state index in [1.807, 2.05) is 50.4 Å². The normalized spacial score (nSPS) is 12.2. The summed E-state index contributed by atoms with van der Waals surface area (Å²) in [7, 11) is 2.04. The Bertz CT molecular complexity index is 556. The van der Waals surface area contributed by atoms with Crippen molar-refractivity contribution in [2.45, 2.75) is 19.4 Å². The second kappa shape index (κ2) is 6.78. The van der Waals surface area contributed by atoms with Crippen LogP contribution in [0.2, 0.25) is 5.02 Å². The molecule has 1 atom stereocenters. The highest BCUT2D eigenvalue weighted by Gasteiger charge is 2.10. The lowest BCUT2D eigenvalue weighted by molar-refractivity contribution is 0.170. The Morgan fingerprint density at radius 3 is 2.50 bits per heavy atom. The number of para-hydroxylation sites is 1. The second-order valence-electron chi connectivity index (χ2n) is 5.07. The van der Waals surface area contributed by atoms with Gasteiger partial charge in [-0.3, -0.25) is 0 Å². The largest absolute Gasteiger partial charge is 0.388 e. The van der Waals surface area contributed by atoms with Crippen LogP contribution in [-0.2, 0) is 0 Å². The molecule has 0 bridgehead atoms. The molecule has 0 fully saturated rings. The third-order valence-corrected chi connectivity index (χ3v) is 3.93. The lowest BCUT2D eigenvalue weighted by Gasteiger charge is -2.21. The Hall–Kier alpha value is -1.51. The van der Waals surface area contributed by atoms with E-state index in [1.165, 1.54) is 0 Å². The van der Waals surface area contributed by atoms with Gasteiger partial charge in [0.1, 0.15) is 0 Å². The molecular weight excluding hydrogens is 270 g/mol. The van der Waals surface area contributed by atoms with Gasteiger partial charge < -0.3 is 10.0 Å². The van der Waals surface area contributed by atoms with Crippen molar-refractivity contribution in [1.82, 2.24) is 0 Å². The van der Waals surface area contributed by atoms with Gasteiger partial charge in [0.05, 0.1) is 6.10 Å². The molecule has 0 amide bonds. The van der Waals surface area contributed by atoms with Crippen LogP contribution in [0.3, 0.4) is 0 Å². The van der Waals surface area contributed by atoms with Crippen LogP contribution in [0.4, 0.5) is 5.69 Å². The molecule has 1 N–H and O–H groups in total. The molecule has 2 rings (SSSR count). The van der Waals surface area contributed by atoms with Crippen LogP contribution >= 0.6 is 11.6 Å². The van der Waals surface area contributed by atoms with Crippen LogP contribution in [0.1, 0.15) is 23.7 Å². The average Bonchev–Trinajstić information content (AvgIpc) is 2.48. The van der Waals surface area contributed by atoms with E-state index >= 15 is 0 Å². The number of anilines is 1. The number of aliphatic hydroxyl groups excluding tert-OH is 1. The summed E-state index contributed by atoms with van der Waals surface area (Å²) in [5.41, 5.74) is 3.08. The monoisotopic (exact) mass is 289 g/mol. The average molecular weight is 290 g/mol. The third kappa shape index (κ3) is 3.75. The van der Waals surface area contributed by atoms with Crippen molar-refractivity contribution in [3.05, 3.63) is 64.7 Å². The van der Waals surface area contributed by atoms with Gasteiger partial charge in [0.15, 0.2) is 0 Å². The van der Waals surface area contributed by atoms with Gasteiger partial charge in [-0.1, -0.05) is 41.9 Å². The third-order valence-electron chi connectivity index (χ3n) is 3.50. The van der Waals surface area contributed by atoms with Crippen molar-refractivity contribution in [2.75, 3.05) is 18.5 Å². The topological polar surface area (TPSA) is 23.5 Å². The first-order valence-corrected chi connectivity index (χ1v) is 7.16. The number of halogens is 1. The first-order chi connectivity index (χ1) is 9.58. The van der Waals surface area contributed by atoms with Crippen molar-refractivity contribution in [3.8, 4) is 0 Å². The Morgan fingerprint density at radius 1 is 1.15 bits per heavy atom. The number of benzene rings is 2. The summed E-state index contributed by atoms with van der Waals surface area (Å²) in [5, 5.41) is 11.0. The SMILES string of the molecule is Cc1cc(C(O)CCN(C)c2ccccc2)ccc1Cl. The summed E-state index contributed by atoms with van der Waals surface area (Å²) in [6, 6.07) is 15.9. The molecule has 2 nitrogen and oxygen atoms in total. The van der Waals surface area contributed by atoms with Gasteiger partial charge in [-0.15, -0.1) is 0 Å². The van der Waals surface area contributed by atoms with Gasteiger partial charge in [0.25, 0.3) is 0 Å². The maximum Gasteiger partial charge on any atom is 0.0807 e. The Kier molecular flexibility index (Phi) is 5.05. The number of aryl methyl sites for hydroxylation is 1. The molecule has 0 aliphatic heterocycles. The predicted molar refractivity (Wildman–Crippen MR) is 85.5 cm³/mol. The lowest BCUT2D eigenvalue weighted by atomic mass is 10.0. The first-order valence-electron chi connectivity index (χ1n) is 6.78. The minimum atomic E-state index is -0.461. The van der Waals surface area contributed by atoms with Crippen molar-refractivity contribution < 1.29 is 5.11 Å². The van der Waals surface area contributed by atoms with Gasteiger partial charge in [0, 0.05) is 24.3 Å². The Balaban J connectivity index is 1.95. The second-order valence-corrected chi connectivity index (χ2v) is 5.48. The highest BCUT2D eigenvalue weighted by Crippen LogP contribution is 2.23. The van der Waals surface area contributed by atoms with E-state index in [9.17, 15) is 5.11 Å². The van der Waals surface area contributed by atoms with Gasteiger partial charge in [-0.25, -0.2) is 0 Å². The molecule has 0 aliphatic rings. The zero-order valence-electron chi connectivity index (χ0n) is 11.9. The summed E-state index contributed by atoms with van der Waals surface area (Å²) in [6.07, 6.45) is 0.226. The Labute approximate surface area is 125 Å². The fourth-order valence-corrected chi connectivity index (χ4v) is 2.29. The van der Waals surface area contributed by atoms with E-state index < -0.39 is 6.10 Å². The quantitative estimate of drug-likeness (QED) is 0.891. The number of aliphatic hydroxyl groups is 1. The van der Waals surface area contributed by atoms with Gasteiger partial charge >= 0.3 is 0 Å². The van der Waals surface area contributed by atoms with Crippen molar-refractivity contribution in [2.24, 2.45) is 0 Å². The zero-order valence-corrected chi connectivity index (χ0v) is 12.6. The van der Waals surface area contributed by atoms with Gasteiger partial charge in [-0.05, 0) is 42.7 Å². The predicted octanol–water partition coefficient (Wildman–Crippen LogP) is 4.21. The van der Waals surface area contributed by atoms with E-state index in [0.29, 0.717) is 6.42 Å². The van der Waals surface area contributed by atoms with Crippen molar-refractivity contribution in [1.29, 1.82) is 0 Å². The van der Waals surface area contributed by atoms with Crippen LogP contribution in [0.25, 0.3) is 0 Å². The molecule has 1 unspecified atom stereocenters. The maximum absolute atomic E-state index is 10.3. The van der Waals surface area contributed by atoms with Crippen molar-refractivity contribution >= 4 is 17.3 Å².